The molecule has 0 aliphatic heterocycles. The van der Waals surface area contributed by atoms with Gasteiger partial charge in [0.1, 0.15) is 5.75 Å². The second-order valence-corrected chi connectivity index (χ2v) is 11.0. The van der Waals surface area contributed by atoms with Gasteiger partial charge in [0.15, 0.2) is 0 Å². The van der Waals surface area contributed by atoms with E-state index in [0.717, 1.165) is 65.8 Å². The van der Waals surface area contributed by atoms with E-state index < -0.39 is 0 Å². The zero-order valence-electron chi connectivity index (χ0n) is 26.3. The van der Waals surface area contributed by atoms with Crippen LogP contribution in [0.3, 0.4) is 0 Å². The van der Waals surface area contributed by atoms with E-state index in [-0.39, 0.29) is 17.9 Å². The molecule has 0 fully saturated rings. The molecule has 1 atom stereocenters. The fourth-order valence-corrected chi connectivity index (χ4v) is 5.18. The number of aromatic nitrogens is 1. The Labute approximate surface area is 266 Å². The summed E-state index contributed by atoms with van der Waals surface area (Å²) in [6.07, 6.45) is 6.04. The highest BCUT2D eigenvalue weighted by atomic mass is 16.5. The summed E-state index contributed by atoms with van der Waals surface area (Å²) in [7, 11) is 2.82. The third kappa shape index (κ3) is 11.1. The number of carbonyl (C=O) groups is 2. The van der Waals surface area contributed by atoms with E-state index >= 15 is 0 Å². The maximum atomic E-state index is 12.6. The summed E-state index contributed by atoms with van der Waals surface area (Å²) in [6.45, 7) is 0.998. The molecule has 0 radical (unpaired) electrons. The van der Waals surface area contributed by atoms with Crippen molar-refractivity contribution in [3.63, 3.8) is 0 Å². The average Bonchev–Trinajstić information content (AvgIpc) is 3.09. The first-order valence-electron chi connectivity index (χ1n) is 15.7. The number of methoxy groups -OCH3 is 2. The molecular weight excluding hydrogens is 566 g/mol. The van der Waals surface area contributed by atoms with Crippen molar-refractivity contribution >= 4 is 11.9 Å². The Kier molecular flexibility index (Phi) is 13.5. The number of carbonyl (C=O) groups excluding carboxylic acids is 2. The van der Waals surface area contributed by atoms with Crippen LogP contribution in [-0.4, -0.2) is 44.4 Å². The summed E-state index contributed by atoms with van der Waals surface area (Å²) in [5, 5.41) is 0. The zero-order valence-corrected chi connectivity index (χ0v) is 26.3. The Balaban J connectivity index is 1.24. The minimum atomic E-state index is -0.246. The predicted octanol–water partition coefficient (Wildman–Crippen LogP) is 8.11. The van der Waals surface area contributed by atoms with Gasteiger partial charge in [-0.15, -0.1) is 0 Å². The van der Waals surface area contributed by atoms with Crippen LogP contribution in [0.1, 0.15) is 50.5 Å². The number of nitrogens with zero attached hydrogens (tertiary/aromatic N) is 1. The van der Waals surface area contributed by atoms with Crippen molar-refractivity contribution in [2.75, 3.05) is 27.4 Å². The fourth-order valence-electron chi connectivity index (χ4n) is 5.18. The van der Waals surface area contributed by atoms with E-state index in [0.29, 0.717) is 38.4 Å². The van der Waals surface area contributed by atoms with Gasteiger partial charge >= 0.3 is 11.9 Å². The Hall–Kier alpha value is -4.65. The van der Waals surface area contributed by atoms with Gasteiger partial charge in [-0.1, -0.05) is 92.1 Å². The first-order chi connectivity index (χ1) is 22.1. The molecule has 45 heavy (non-hydrogen) atoms. The number of hydrogen-bond acceptors (Lipinski definition) is 7. The molecule has 0 bridgehead atoms. The van der Waals surface area contributed by atoms with E-state index in [2.05, 4.69) is 35.1 Å². The molecule has 0 amide bonds. The first-order valence-corrected chi connectivity index (χ1v) is 15.7. The van der Waals surface area contributed by atoms with Crippen molar-refractivity contribution < 1.29 is 28.5 Å². The minimum Gasteiger partial charge on any atom is -0.494 e. The standard InChI is InChI=1S/C38H43NO6/c1-42-37(40)22-14-24-44-34-21-13-15-29(26-34)25-32(38(41)43-2)20-7-3-4-12-23-45-36-28-33(30-16-8-5-9-17-30)27-35(39-36)31-18-10-6-11-19-31/h5-6,8-11,13,15-19,21,26-28,32H,3-4,7,12,14,20,22-25H2,1-2H3. The minimum absolute atomic E-state index is 0.193. The van der Waals surface area contributed by atoms with Crippen LogP contribution in [0, 0.1) is 5.92 Å². The normalized spacial score (nSPS) is 11.4. The number of pyridine rings is 1. The molecule has 0 aliphatic rings. The average molecular weight is 610 g/mol. The molecular formula is C38H43NO6. The van der Waals surface area contributed by atoms with Crippen LogP contribution in [0.4, 0.5) is 0 Å². The molecule has 0 aliphatic carbocycles. The number of benzene rings is 3. The molecule has 1 heterocycles. The van der Waals surface area contributed by atoms with Crippen LogP contribution in [0.15, 0.2) is 97.1 Å². The van der Waals surface area contributed by atoms with Gasteiger partial charge in [-0.25, -0.2) is 4.98 Å². The van der Waals surface area contributed by atoms with Crippen LogP contribution < -0.4 is 9.47 Å². The van der Waals surface area contributed by atoms with Gasteiger partial charge in [0.25, 0.3) is 0 Å². The fraction of sp³-hybridized carbons (Fsp3) is 0.342. The molecule has 1 unspecified atom stereocenters. The summed E-state index contributed by atoms with van der Waals surface area (Å²) in [5.74, 6) is 0.684. The molecule has 0 saturated heterocycles. The van der Waals surface area contributed by atoms with Gasteiger partial charge in [0.2, 0.25) is 5.88 Å². The molecule has 0 spiro atoms. The molecule has 3 aromatic carbocycles. The Morgan fingerprint density at radius 2 is 1.38 bits per heavy atom. The molecule has 4 rings (SSSR count). The van der Waals surface area contributed by atoms with Gasteiger partial charge in [0.05, 0.1) is 39.0 Å². The second kappa shape index (κ2) is 18.2. The lowest BCUT2D eigenvalue weighted by Gasteiger charge is -2.15. The summed E-state index contributed by atoms with van der Waals surface area (Å²) in [6, 6.07) is 32.3. The van der Waals surface area contributed by atoms with Crippen LogP contribution >= 0.6 is 0 Å². The number of esters is 2. The van der Waals surface area contributed by atoms with Crippen molar-refractivity contribution in [2.45, 2.75) is 51.4 Å². The lowest BCUT2D eigenvalue weighted by molar-refractivity contribution is -0.145. The molecule has 0 saturated carbocycles. The van der Waals surface area contributed by atoms with Gasteiger partial charge < -0.3 is 18.9 Å². The highest BCUT2D eigenvalue weighted by Gasteiger charge is 2.19. The Morgan fingerprint density at radius 3 is 2.11 bits per heavy atom. The molecule has 236 valence electrons. The van der Waals surface area contributed by atoms with Crippen molar-refractivity contribution in [1.82, 2.24) is 4.98 Å². The molecule has 7 heteroatoms. The monoisotopic (exact) mass is 609 g/mol. The van der Waals surface area contributed by atoms with Crippen LogP contribution in [-0.2, 0) is 25.5 Å². The molecule has 1 aromatic heterocycles. The second-order valence-electron chi connectivity index (χ2n) is 11.0. The molecule has 7 nitrogen and oxygen atoms in total. The number of unbranched alkanes of at least 4 members (excludes halogenated alkanes) is 3. The van der Waals surface area contributed by atoms with E-state index in [1.54, 1.807) is 0 Å². The SMILES string of the molecule is COC(=O)CCCOc1cccc(CC(CCCCCCOc2cc(-c3ccccc3)cc(-c3ccccc3)n2)C(=O)OC)c1. The summed E-state index contributed by atoms with van der Waals surface area (Å²) >= 11 is 0. The van der Waals surface area contributed by atoms with Gasteiger partial charge in [-0.3, -0.25) is 9.59 Å². The van der Waals surface area contributed by atoms with Crippen LogP contribution in [0.5, 0.6) is 11.6 Å². The van der Waals surface area contributed by atoms with Crippen LogP contribution in [0.25, 0.3) is 22.4 Å². The highest BCUT2D eigenvalue weighted by molar-refractivity contribution is 5.73. The van der Waals surface area contributed by atoms with E-state index in [9.17, 15) is 9.59 Å². The lowest BCUT2D eigenvalue weighted by atomic mass is 9.93. The Bertz CT molecular complexity index is 1420. The van der Waals surface area contributed by atoms with Crippen molar-refractivity contribution in [1.29, 1.82) is 0 Å². The van der Waals surface area contributed by atoms with Gasteiger partial charge in [-0.05, 0) is 60.6 Å². The lowest BCUT2D eigenvalue weighted by Crippen LogP contribution is -2.19. The van der Waals surface area contributed by atoms with Crippen molar-refractivity contribution in [3.05, 3.63) is 103 Å². The van der Waals surface area contributed by atoms with Crippen LogP contribution in [0.2, 0.25) is 0 Å². The predicted molar refractivity (Wildman–Crippen MR) is 176 cm³/mol. The van der Waals surface area contributed by atoms with Gasteiger partial charge in [0, 0.05) is 18.1 Å². The summed E-state index contributed by atoms with van der Waals surface area (Å²) in [4.78, 5) is 28.6. The molecule has 0 N–H and O–H groups in total. The maximum absolute atomic E-state index is 12.6. The van der Waals surface area contributed by atoms with Crippen molar-refractivity contribution in [2.24, 2.45) is 5.92 Å². The number of rotatable bonds is 18. The number of ether oxygens (including phenoxy) is 4. The van der Waals surface area contributed by atoms with Crippen molar-refractivity contribution in [3.8, 4) is 34.0 Å². The zero-order chi connectivity index (χ0) is 31.7. The highest BCUT2D eigenvalue weighted by Crippen LogP contribution is 2.29. The summed E-state index contributed by atoms with van der Waals surface area (Å²) in [5.41, 5.74) is 5.15. The topological polar surface area (TPSA) is 84.0 Å². The molecule has 4 aromatic rings. The quantitative estimate of drug-likeness (QED) is 0.0832. The number of hydrogen-bond donors (Lipinski definition) is 0. The first kappa shape index (κ1) is 33.2. The third-order valence-electron chi connectivity index (χ3n) is 7.61. The van der Waals surface area contributed by atoms with E-state index in [1.807, 2.05) is 66.7 Å². The summed E-state index contributed by atoms with van der Waals surface area (Å²) < 4.78 is 21.7. The maximum Gasteiger partial charge on any atom is 0.308 e. The smallest absolute Gasteiger partial charge is 0.308 e. The largest absolute Gasteiger partial charge is 0.494 e. The van der Waals surface area contributed by atoms with Gasteiger partial charge in [-0.2, -0.15) is 0 Å². The Morgan fingerprint density at radius 1 is 0.667 bits per heavy atom. The third-order valence-corrected chi connectivity index (χ3v) is 7.61. The van der Waals surface area contributed by atoms with E-state index in [1.165, 1.54) is 14.2 Å². The van der Waals surface area contributed by atoms with E-state index in [4.69, 9.17) is 19.2 Å².